The molecule has 0 amide bonds. The summed E-state index contributed by atoms with van der Waals surface area (Å²) < 4.78 is 5.41. The fourth-order valence-electron chi connectivity index (χ4n) is 1.48. The molecule has 1 fully saturated rings. The van der Waals surface area contributed by atoms with Gasteiger partial charge in [0, 0.05) is 6.54 Å². The molecular formula is C11H14N2O. The number of hydrogen-bond donors (Lipinski definition) is 1. The Labute approximate surface area is 83.7 Å². The summed E-state index contributed by atoms with van der Waals surface area (Å²) in [6.45, 7) is 3.43. The highest BCUT2D eigenvalue weighted by molar-refractivity contribution is 5.11. The van der Waals surface area contributed by atoms with E-state index in [9.17, 15) is 0 Å². The molecule has 1 aromatic rings. The van der Waals surface area contributed by atoms with Crippen LogP contribution in [0.5, 0.6) is 0 Å². The van der Waals surface area contributed by atoms with Crippen LogP contribution >= 0.6 is 0 Å². The Kier molecular flexibility index (Phi) is 2.30. The zero-order valence-electron chi connectivity index (χ0n) is 8.34. The highest BCUT2D eigenvalue weighted by Gasteiger charge is 2.42. The average Bonchev–Trinajstić information content (AvgIpc) is 2.84. The Morgan fingerprint density at radius 2 is 2.36 bits per heavy atom. The van der Waals surface area contributed by atoms with E-state index in [4.69, 9.17) is 9.68 Å². The lowest BCUT2D eigenvalue weighted by Gasteiger charge is -2.05. The topological polar surface area (TPSA) is 49.0 Å². The van der Waals surface area contributed by atoms with Gasteiger partial charge in [-0.1, -0.05) is 0 Å². The Morgan fingerprint density at radius 3 is 2.86 bits per heavy atom. The van der Waals surface area contributed by atoms with Crippen molar-refractivity contribution in [1.82, 2.24) is 5.32 Å². The first-order chi connectivity index (χ1) is 6.74. The lowest BCUT2D eigenvalue weighted by atomic mass is 10.1. The van der Waals surface area contributed by atoms with Gasteiger partial charge in [0.25, 0.3) is 0 Å². The van der Waals surface area contributed by atoms with Gasteiger partial charge in [-0.15, -0.1) is 0 Å². The standard InChI is InChI=1S/C11H14N2O/c1-9-2-3-10(14-9)6-13-8-11(7-12)4-5-11/h2-3,13H,4-6,8H2,1H3. The minimum absolute atomic E-state index is 0.0678. The molecular weight excluding hydrogens is 176 g/mol. The van der Waals surface area contributed by atoms with Crippen LogP contribution in [0.2, 0.25) is 0 Å². The summed E-state index contributed by atoms with van der Waals surface area (Å²) in [4.78, 5) is 0. The largest absolute Gasteiger partial charge is 0.465 e. The average molecular weight is 190 g/mol. The Bertz CT molecular complexity index is 358. The normalized spacial score (nSPS) is 17.7. The zero-order chi connectivity index (χ0) is 10.0. The Balaban J connectivity index is 1.76. The van der Waals surface area contributed by atoms with Crippen LogP contribution in [-0.2, 0) is 6.54 Å². The monoisotopic (exact) mass is 190 g/mol. The third-order valence-electron chi connectivity index (χ3n) is 2.65. The quantitative estimate of drug-likeness (QED) is 0.789. The summed E-state index contributed by atoms with van der Waals surface area (Å²) in [5.41, 5.74) is -0.0678. The maximum atomic E-state index is 8.84. The summed E-state index contributed by atoms with van der Waals surface area (Å²) in [6.07, 6.45) is 2.07. The predicted octanol–water partition coefficient (Wildman–Crippen LogP) is 1.98. The van der Waals surface area contributed by atoms with Crippen molar-refractivity contribution in [2.75, 3.05) is 6.54 Å². The maximum absolute atomic E-state index is 8.84. The summed E-state index contributed by atoms with van der Waals surface area (Å²) in [7, 11) is 0. The van der Waals surface area contributed by atoms with Crippen molar-refractivity contribution in [2.45, 2.75) is 26.3 Å². The molecule has 1 heterocycles. The molecule has 2 rings (SSSR count). The molecule has 0 unspecified atom stereocenters. The SMILES string of the molecule is Cc1ccc(CNCC2(C#N)CC2)o1. The van der Waals surface area contributed by atoms with E-state index in [1.807, 2.05) is 19.1 Å². The maximum Gasteiger partial charge on any atom is 0.117 e. The van der Waals surface area contributed by atoms with Gasteiger partial charge in [0.15, 0.2) is 0 Å². The second-order valence-electron chi connectivity index (χ2n) is 4.01. The smallest absolute Gasteiger partial charge is 0.117 e. The second-order valence-corrected chi connectivity index (χ2v) is 4.01. The first-order valence-electron chi connectivity index (χ1n) is 4.91. The molecule has 74 valence electrons. The third-order valence-corrected chi connectivity index (χ3v) is 2.65. The molecule has 3 heteroatoms. The van der Waals surface area contributed by atoms with E-state index in [2.05, 4.69) is 11.4 Å². The van der Waals surface area contributed by atoms with E-state index in [-0.39, 0.29) is 5.41 Å². The van der Waals surface area contributed by atoms with Gasteiger partial charge in [-0.3, -0.25) is 0 Å². The molecule has 1 saturated carbocycles. The summed E-state index contributed by atoms with van der Waals surface area (Å²) in [5.74, 6) is 1.87. The third kappa shape index (κ3) is 1.97. The lowest BCUT2D eigenvalue weighted by molar-refractivity contribution is 0.448. The number of rotatable bonds is 4. The van der Waals surface area contributed by atoms with E-state index in [0.29, 0.717) is 0 Å². The van der Waals surface area contributed by atoms with E-state index in [0.717, 1.165) is 37.5 Å². The first kappa shape index (κ1) is 9.29. The van der Waals surface area contributed by atoms with Crippen LogP contribution in [0.15, 0.2) is 16.5 Å². The number of nitrogens with zero attached hydrogens (tertiary/aromatic N) is 1. The number of aryl methyl sites for hydroxylation is 1. The highest BCUT2D eigenvalue weighted by atomic mass is 16.3. The van der Waals surface area contributed by atoms with Gasteiger partial charge in [0.2, 0.25) is 0 Å². The van der Waals surface area contributed by atoms with Crippen LogP contribution < -0.4 is 5.32 Å². The van der Waals surface area contributed by atoms with Gasteiger partial charge >= 0.3 is 0 Å². The predicted molar refractivity (Wildman–Crippen MR) is 52.4 cm³/mol. The molecule has 0 radical (unpaired) electrons. The van der Waals surface area contributed by atoms with Crippen LogP contribution in [-0.4, -0.2) is 6.54 Å². The molecule has 0 aromatic carbocycles. The summed E-state index contributed by atoms with van der Waals surface area (Å²) in [5, 5.41) is 12.1. The molecule has 1 aliphatic carbocycles. The van der Waals surface area contributed by atoms with Gasteiger partial charge in [0.1, 0.15) is 11.5 Å². The number of nitriles is 1. The Morgan fingerprint density at radius 1 is 1.57 bits per heavy atom. The van der Waals surface area contributed by atoms with Crippen molar-refractivity contribution in [1.29, 1.82) is 5.26 Å². The second kappa shape index (κ2) is 3.47. The molecule has 0 aliphatic heterocycles. The molecule has 1 aromatic heterocycles. The molecule has 14 heavy (non-hydrogen) atoms. The van der Waals surface area contributed by atoms with Gasteiger partial charge < -0.3 is 9.73 Å². The molecule has 0 saturated heterocycles. The van der Waals surface area contributed by atoms with Crippen LogP contribution in [0.1, 0.15) is 24.4 Å². The molecule has 1 aliphatic rings. The van der Waals surface area contributed by atoms with Crippen LogP contribution in [0.25, 0.3) is 0 Å². The highest BCUT2D eigenvalue weighted by Crippen LogP contribution is 2.44. The van der Waals surface area contributed by atoms with E-state index >= 15 is 0 Å². The number of hydrogen-bond acceptors (Lipinski definition) is 3. The molecule has 0 spiro atoms. The lowest BCUT2D eigenvalue weighted by Crippen LogP contribution is -2.22. The summed E-state index contributed by atoms with van der Waals surface area (Å²) in [6, 6.07) is 6.27. The molecule has 1 N–H and O–H groups in total. The summed E-state index contributed by atoms with van der Waals surface area (Å²) >= 11 is 0. The van der Waals surface area contributed by atoms with Crippen molar-refractivity contribution in [3.63, 3.8) is 0 Å². The van der Waals surface area contributed by atoms with Gasteiger partial charge in [-0.05, 0) is 31.9 Å². The van der Waals surface area contributed by atoms with Crippen molar-refractivity contribution in [3.8, 4) is 6.07 Å². The minimum Gasteiger partial charge on any atom is -0.465 e. The fraction of sp³-hybridized carbons (Fsp3) is 0.545. The van der Waals surface area contributed by atoms with Crippen LogP contribution in [0, 0.1) is 23.7 Å². The van der Waals surface area contributed by atoms with Crippen LogP contribution in [0.4, 0.5) is 0 Å². The number of furan rings is 1. The van der Waals surface area contributed by atoms with Crippen molar-refractivity contribution in [2.24, 2.45) is 5.41 Å². The minimum atomic E-state index is -0.0678. The van der Waals surface area contributed by atoms with E-state index in [1.54, 1.807) is 0 Å². The van der Waals surface area contributed by atoms with Crippen molar-refractivity contribution < 1.29 is 4.42 Å². The van der Waals surface area contributed by atoms with Gasteiger partial charge in [-0.2, -0.15) is 5.26 Å². The van der Waals surface area contributed by atoms with Crippen molar-refractivity contribution in [3.05, 3.63) is 23.7 Å². The van der Waals surface area contributed by atoms with E-state index < -0.39 is 0 Å². The first-order valence-corrected chi connectivity index (χ1v) is 4.91. The van der Waals surface area contributed by atoms with Gasteiger partial charge in [-0.25, -0.2) is 0 Å². The van der Waals surface area contributed by atoms with E-state index in [1.165, 1.54) is 0 Å². The van der Waals surface area contributed by atoms with Crippen LogP contribution in [0.3, 0.4) is 0 Å². The van der Waals surface area contributed by atoms with Gasteiger partial charge in [0.05, 0.1) is 18.0 Å². The molecule has 0 atom stereocenters. The Hall–Kier alpha value is -1.27. The fourth-order valence-corrected chi connectivity index (χ4v) is 1.48. The molecule has 0 bridgehead atoms. The van der Waals surface area contributed by atoms with Crippen molar-refractivity contribution >= 4 is 0 Å². The number of nitrogens with one attached hydrogen (secondary N) is 1. The molecule has 3 nitrogen and oxygen atoms in total. The zero-order valence-corrected chi connectivity index (χ0v) is 8.34.